The summed E-state index contributed by atoms with van der Waals surface area (Å²) in [5.41, 5.74) is 0. The Kier molecular flexibility index (Phi) is 6.16. The van der Waals surface area contributed by atoms with E-state index < -0.39 is 6.10 Å². The first-order chi connectivity index (χ1) is 6.52. The molecule has 0 saturated heterocycles. The maximum Gasteiger partial charge on any atom is 0.213 e. The largest absolute Gasteiger partial charge is 0.396 e. The molecule has 2 N–H and O–H groups in total. The molecule has 0 fully saturated rings. The smallest absolute Gasteiger partial charge is 0.213 e. The number of rotatable bonds is 6. The molecule has 0 aromatic rings. The minimum atomic E-state index is -0.587. The maximum atomic E-state index is 10.2. The van der Waals surface area contributed by atoms with Gasteiger partial charge in [0.25, 0.3) is 0 Å². The van der Waals surface area contributed by atoms with Crippen molar-refractivity contribution in [2.75, 3.05) is 13.7 Å². The normalized spacial score (nSPS) is 17.8. The molecule has 1 amide bonds. The van der Waals surface area contributed by atoms with Crippen molar-refractivity contribution in [1.29, 1.82) is 0 Å². The fourth-order valence-corrected chi connectivity index (χ4v) is 1.05. The van der Waals surface area contributed by atoms with Gasteiger partial charge in [-0.15, -0.1) is 0 Å². The van der Waals surface area contributed by atoms with E-state index >= 15 is 0 Å². The first-order valence-corrected chi connectivity index (χ1v) is 4.67. The molecule has 82 valence electrons. The van der Waals surface area contributed by atoms with Crippen molar-refractivity contribution < 1.29 is 15.0 Å². The summed E-state index contributed by atoms with van der Waals surface area (Å²) in [5.74, 6) is -0.240. The molecular weight excluding hydrogens is 182 g/mol. The quantitative estimate of drug-likeness (QED) is 0.604. The van der Waals surface area contributed by atoms with E-state index in [9.17, 15) is 9.90 Å². The molecule has 0 unspecified atom stereocenters. The lowest BCUT2D eigenvalue weighted by Gasteiger charge is -2.21. The molecule has 0 aliphatic carbocycles. The molecule has 0 aliphatic heterocycles. The van der Waals surface area contributed by atoms with E-state index in [4.69, 9.17) is 5.11 Å². The van der Waals surface area contributed by atoms with Crippen molar-refractivity contribution in [1.82, 2.24) is 4.90 Å². The zero-order chi connectivity index (χ0) is 11.1. The van der Waals surface area contributed by atoms with Crippen LogP contribution in [0, 0.1) is 11.8 Å². The molecule has 3 atom stereocenters. The van der Waals surface area contributed by atoms with Gasteiger partial charge in [-0.2, -0.15) is 0 Å². The molecule has 0 aromatic heterocycles. The molecule has 0 aromatic carbocycles. The fraction of sp³-hybridized carbons (Fsp3) is 0.700. The first-order valence-electron chi connectivity index (χ1n) is 4.67. The number of carbonyl (C=O) groups is 1. The van der Waals surface area contributed by atoms with Crippen LogP contribution >= 0.6 is 0 Å². The summed E-state index contributed by atoms with van der Waals surface area (Å²) in [6.07, 6.45) is 3.44. The molecule has 4 heteroatoms. The number of aliphatic hydroxyl groups excluding tert-OH is 2. The summed E-state index contributed by atoms with van der Waals surface area (Å²) >= 11 is 0. The monoisotopic (exact) mass is 201 g/mol. The van der Waals surface area contributed by atoms with Crippen LogP contribution in [0.3, 0.4) is 0 Å². The number of carbonyl (C=O) groups excluding carboxylic acids is 1. The standard InChI is InChI=1S/C10H19NO3/c1-8(4-5-11(3)7-13)10(14)9(2)6-12/h4-5,7-10,12,14H,6H2,1-3H3/b5-4+/t8-,9+,10-/m1/s1. The van der Waals surface area contributed by atoms with Gasteiger partial charge < -0.3 is 15.1 Å². The van der Waals surface area contributed by atoms with Crippen LogP contribution in [0.5, 0.6) is 0 Å². The Bertz CT molecular complexity index is 194. The second-order valence-corrected chi connectivity index (χ2v) is 3.62. The lowest BCUT2D eigenvalue weighted by molar-refractivity contribution is -0.115. The van der Waals surface area contributed by atoms with Gasteiger partial charge in [0, 0.05) is 31.7 Å². The van der Waals surface area contributed by atoms with Crippen molar-refractivity contribution in [3.63, 3.8) is 0 Å². The van der Waals surface area contributed by atoms with Crippen LogP contribution < -0.4 is 0 Å². The van der Waals surface area contributed by atoms with E-state index in [0.717, 1.165) is 0 Å². The van der Waals surface area contributed by atoms with Gasteiger partial charge in [0.05, 0.1) is 6.10 Å². The minimum absolute atomic E-state index is 0.0388. The van der Waals surface area contributed by atoms with E-state index in [1.54, 1.807) is 26.2 Å². The molecule has 0 radical (unpaired) electrons. The van der Waals surface area contributed by atoms with Gasteiger partial charge in [0.15, 0.2) is 0 Å². The molecule has 0 saturated carbocycles. The number of amides is 1. The number of aliphatic hydroxyl groups is 2. The molecule has 0 bridgehead atoms. The van der Waals surface area contributed by atoms with Crippen LogP contribution in [0.2, 0.25) is 0 Å². The van der Waals surface area contributed by atoms with Crippen molar-refractivity contribution in [3.8, 4) is 0 Å². The Morgan fingerprint density at radius 2 is 2.00 bits per heavy atom. The fourth-order valence-electron chi connectivity index (χ4n) is 1.05. The van der Waals surface area contributed by atoms with Crippen molar-refractivity contribution >= 4 is 6.41 Å². The lowest BCUT2D eigenvalue weighted by atomic mass is 9.94. The van der Waals surface area contributed by atoms with Crippen LogP contribution in [0.4, 0.5) is 0 Å². The van der Waals surface area contributed by atoms with E-state index in [2.05, 4.69) is 0 Å². The molecule has 0 rings (SSSR count). The molecule has 0 aliphatic rings. The summed E-state index contributed by atoms with van der Waals surface area (Å²) in [4.78, 5) is 11.6. The predicted octanol–water partition coefficient (Wildman–Crippen LogP) is 0.214. The lowest BCUT2D eigenvalue weighted by Crippen LogP contribution is -2.27. The zero-order valence-corrected chi connectivity index (χ0v) is 8.92. The van der Waals surface area contributed by atoms with Crippen molar-refractivity contribution in [2.45, 2.75) is 20.0 Å². The van der Waals surface area contributed by atoms with Gasteiger partial charge in [-0.1, -0.05) is 19.9 Å². The average molecular weight is 201 g/mol. The van der Waals surface area contributed by atoms with Crippen LogP contribution in [-0.2, 0) is 4.79 Å². The number of nitrogens with zero attached hydrogens (tertiary/aromatic N) is 1. The topological polar surface area (TPSA) is 60.8 Å². The third kappa shape index (κ3) is 4.39. The summed E-state index contributed by atoms with van der Waals surface area (Å²) in [6, 6.07) is 0. The molecular formula is C10H19NO3. The molecule has 0 spiro atoms. The number of hydrogen-bond acceptors (Lipinski definition) is 3. The SMILES string of the molecule is C[C@H](/C=C/N(C)C=O)[C@@H](O)[C@@H](C)CO. The minimum Gasteiger partial charge on any atom is -0.396 e. The zero-order valence-electron chi connectivity index (χ0n) is 8.92. The van der Waals surface area contributed by atoms with Gasteiger partial charge in [-0.3, -0.25) is 4.79 Å². The second kappa shape index (κ2) is 6.56. The van der Waals surface area contributed by atoms with Crippen LogP contribution in [0.25, 0.3) is 0 Å². The maximum absolute atomic E-state index is 10.2. The van der Waals surface area contributed by atoms with E-state index in [1.165, 1.54) is 4.90 Å². The van der Waals surface area contributed by atoms with E-state index in [0.29, 0.717) is 6.41 Å². The van der Waals surface area contributed by atoms with E-state index in [1.807, 2.05) is 6.92 Å². The van der Waals surface area contributed by atoms with Gasteiger partial charge in [0.2, 0.25) is 6.41 Å². The summed E-state index contributed by atoms with van der Waals surface area (Å²) in [6.45, 7) is 3.58. The van der Waals surface area contributed by atoms with Crippen molar-refractivity contribution in [3.05, 3.63) is 12.3 Å². The van der Waals surface area contributed by atoms with Crippen LogP contribution in [-0.4, -0.2) is 41.3 Å². The Morgan fingerprint density at radius 3 is 2.43 bits per heavy atom. The second-order valence-electron chi connectivity index (χ2n) is 3.62. The predicted molar refractivity (Wildman–Crippen MR) is 54.4 cm³/mol. The highest BCUT2D eigenvalue weighted by atomic mass is 16.3. The Balaban J connectivity index is 4.12. The van der Waals surface area contributed by atoms with Crippen molar-refractivity contribution in [2.24, 2.45) is 11.8 Å². The Hall–Kier alpha value is -0.870. The number of hydrogen-bond donors (Lipinski definition) is 2. The molecule has 4 nitrogen and oxygen atoms in total. The van der Waals surface area contributed by atoms with Gasteiger partial charge >= 0.3 is 0 Å². The first kappa shape index (κ1) is 13.1. The molecule has 0 heterocycles. The van der Waals surface area contributed by atoms with E-state index in [-0.39, 0.29) is 18.4 Å². The molecule has 14 heavy (non-hydrogen) atoms. The third-order valence-electron chi connectivity index (χ3n) is 2.20. The highest BCUT2D eigenvalue weighted by molar-refractivity contribution is 5.48. The third-order valence-corrected chi connectivity index (χ3v) is 2.20. The summed E-state index contributed by atoms with van der Waals surface area (Å²) in [5, 5.41) is 18.5. The average Bonchev–Trinajstić information content (AvgIpc) is 2.22. The van der Waals surface area contributed by atoms with Gasteiger partial charge in [-0.25, -0.2) is 0 Å². The van der Waals surface area contributed by atoms with Gasteiger partial charge in [-0.05, 0) is 0 Å². The Labute approximate surface area is 84.8 Å². The van der Waals surface area contributed by atoms with Crippen LogP contribution in [0.15, 0.2) is 12.3 Å². The highest BCUT2D eigenvalue weighted by Crippen LogP contribution is 2.13. The van der Waals surface area contributed by atoms with Gasteiger partial charge in [0.1, 0.15) is 0 Å². The Morgan fingerprint density at radius 1 is 1.43 bits per heavy atom. The summed E-state index contributed by atoms with van der Waals surface area (Å²) < 4.78 is 0. The van der Waals surface area contributed by atoms with Crippen LogP contribution in [0.1, 0.15) is 13.8 Å². The highest BCUT2D eigenvalue weighted by Gasteiger charge is 2.18. The summed E-state index contributed by atoms with van der Waals surface area (Å²) in [7, 11) is 1.62.